The van der Waals surface area contributed by atoms with Gasteiger partial charge in [0, 0.05) is 38.1 Å². The highest BCUT2D eigenvalue weighted by Gasteiger charge is 2.20. The minimum atomic E-state index is 0.0533. The number of hydrogen-bond acceptors (Lipinski definition) is 3. The summed E-state index contributed by atoms with van der Waals surface area (Å²) in [6.07, 6.45) is 0. The van der Waals surface area contributed by atoms with Crippen LogP contribution in [0, 0.1) is 5.41 Å². The Morgan fingerprint density at radius 3 is 1.93 bits per heavy atom. The van der Waals surface area contributed by atoms with E-state index in [-0.39, 0.29) is 11.7 Å². The fourth-order valence-corrected chi connectivity index (χ4v) is 6.54. The molecule has 0 radical (unpaired) electrons. The van der Waals surface area contributed by atoms with Gasteiger partial charge in [-0.25, -0.2) is 4.99 Å². The van der Waals surface area contributed by atoms with Crippen molar-refractivity contribution in [2.45, 2.75) is 0 Å². The number of rotatable bonds is 3. The molecule has 3 aromatic heterocycles. The van der Waals surface area contributed by atoms with Crippen LogP contribution in [0.1, 0.15) is 11.1 Å². The molecule has 208 valence electrons. The molecule has 6 aromatic carbocycles. The van der Waals surface area contributed by atoms with Gasteiger partial charge in [0.1, 0.15) is 28.2 Å². The largest absolute Gasteiger partial charge is 0.456 e. The van der Waals surface area contributed by atoms with Gasteiger partial charge in [0.25, 0.3) is 0 Å². The lowest BCUT2D eigenvalue weighted by atomic mass is 10.0. The monoisotopic (exact) mass is 568 g/mol. The summed E-state index contributed by atoms with van der Waals surface area (Å²) in [5.74, 6) is 0.294. The topological polar surface area (TPSA) is 93.4 Å². The fraction of sp³-hybridized carbons (Fsp3) is 0. The first-order valence-corrected chi connectivity index (χ1v) is 14.4. The van der Waals surface area contributed by atoms with Gasteiger partial charge in [-0.05, 0) is 48.5 Å². The van der Waals surface area contributed by atoms with Gasteiger partial charge >= 0.3 is 0 Å². The van der Waals surface area contributed by atoms with Crippen molar-refractivity contribution < 1.29 is 8.83 Å². The van der Waals surface area contributed by atoms with Crippen LogP contribution in [0.3, 0.4) is 0 Å². The smallest absolute Gasteiger partial charge is 0.154 e. The van der Waals surface area contributed by atoms with Crippen LogP contribution in [0.2, 0.25) is 0 Å². The van der Waals surface area contributed by atoms with Gasteiger partial charge in [0.05, 0.1) is 22.1 Å². The molecular weight excluding hydrogens is 544 g/mol. The number of para-hydroxylation sites is 3. The van der Waals surface area contributed by atoms with Gasteiger partial charge in [0.2, 0.25) is 0 Å². The Hall–Kier alpha value is -6.14. The lowest BCUT2D eigenvalue weighted by Gasteiger charge is -2.10. The lowest BCUT2D eigenvalue weighted by molar-refractivity contribution is 0.668. The molecule has 0 unspecified atom stereocenters. The molecule has 9 aromatic rings. The van der Waals surface area contributed by atoms with Crippen LogP contribution >= 0.6 is 0 Å². The van der Waals surface area contributed by atoms with Crippen LogP contribution in [0.4, 0.5) is 0 Å². The van der Waals surface area contributed by atoms with Crippen LogP contribution in [-0.2, 0) is 0 Å². The molecule has 6 heteroatoms. The number of aromatic nitrogens is 1. The van der Waals surface area contributed by atoms with Crippen LogP contribution in [0.5, 0.6) is 0 Å². The minimum Gasteiger partial charge on any atom is -0.456 e. The Bertz CT molecular complexity index is 2600. The van der Waals surface area contributed by atoms with Gasteiger partial charge in [-0.15, -0.1) is 0 Å². The number of nitrogens with one attached hydrogen (secondary N) is 1. The maximum Gasteiger partial charge on any atom is 0.154 e. The van der Waals surface area contributed by atoms with E-state index in [4.69, 9.17) is 20.0 Å². The van der Waals surface area contributed by atoms with E-state index in [9.17, 15) is 0 Å². The summed E-state index contributed by atoms with van der Waals surface area (Å²) in [5, 5.41) is 15.3. The zero-order valence-electron chi connectivity index (χ0n) is 23.4. The highest BCUT2D eigenvalue weighted by molar-refractivity contribution is 6.23. The van der Waals surface area contributed by atoms with E-state index in [1.807, 2.05) is 72.8 Å². The van der Waals surface area contributed by atoms with E-state index in [1.54, 1.807) is 0 Å². The Morgan fingerprint density at radius 2 is 1.16 bits per heavy atom. The van der Waals surface area contributed by atoms with E-state index in [0.29, 0.717) is 16.7 Å². The summed E-state index contributed by atoms with van der Waals surface area (Å²) in [4.78, 5) is 4.59. The normalized spacial score (nSPS) is 12.4. The molecule has 9 rings (SSSR count). The van der Waals surface area contributed by atoms with Crippen LogP contribution < -0.4 is 5.73 Å². The van der Waals surface area contributed by atoms with E-state index in [2.05, 4.69) is 64.2 Å². The standard InChI is InChI=1S/C38H24N4O2/c39-37(22-19-20-26-25-11-3-6-16-31(25)43-34(26)21-22)41-38(40)27-12-7-17-32-35(27)36-30(15-8-18-33(36)44-32)42-28-13-4-1-9-23(28)24-10-2-5-14-29(24)42/h1-21H,(H3,39,40,41). The molecule has 0 aliphatic carbocycles. The zero-order chi connectivity index (χ0) is 29.4. The summed E-state index contributed by atoms with van der Waals surface area (Å²) in [6, 6.07) is 42.4. The number of nitrogens with two attached hydrogens (primary N) is 1. The quantitative estimate of drug-likeness (QED) is 0.164. The first-order chi connectivity index (χ1) is 21.7. The minimum absolute atomic E-state index is 0.0533. The molecule has 0 bridgehead atoms. The fourth-order valence-electron chi connectivity index (χ4n) is 6.54. The average Bonchev–Trinajstić information content (AvgIpc) is 3.73. The molecule has 0 amide bonds. The molecule has 0 atom stereocenters. The number of amidine groups is 2. The van der Waals surface area contributed by atoms with Crippen molar-refractivity contribution in [3.63, 3.8) is 0 Å². The van der Waals surface area contributed by atoms with Crippen LogP contribution in [0.15, 0.2) is 141 Å². The molecular formula is C38H24N4O2. The summed E-state index contributed by atoms with van der Waals surface area (Å²) >= 11 is 0. The third-order valence-electron chi connectivity index (χ3n) is 8.48. The molecule has 44 heavy (non-hydrogen) atoms. The molecule has 6 nitrogen and oxygen atoms in total. The Labute approximate surface area is 250 Å². The molecule has 0 saturated carbocycles. The van der Waals surface area contributed by atoms with E-state index >= 15 is 0 Å². The Morgan fingerprint density at radius 1 is 0.568 bits per heavy atom. The lowest BCUT2D eigenvalue weighted by Crippen LogP contribution is -2.16. The van der Waals surface area contributed by atoms with E-state index in [1.165, 1.54) is 10.8 Å². The van der Waals surface area contributed by atoms with Crippen molar-refractivity contribution >= 4 is 77.4 Å². The third kappa shape index (κ3) is 3.48. The van der Waals surface area contributed by atoms with E-state index < -0.39 is 0 Å². The molecule has 0 aliphatic rings. The maximum absolute atomic E-state index is 9.12. The number of hydrogen-bond donors (Lipinski definition) is 2. The van der Waals surface area contributed by atoms with Crippen LogP contribution in [0.25, 0.3) is 71.4 Å². The van der Waals surface area contributed by atoms with Crippen molar-refractivity contribution in [3.05, 3.63) is 139 Å². The predicted molar refractivity (Wildman–Crippen MR) is 179 cm³/mol. The zero-order valence-corrected chi connectivity index (χ0v) is 23.4. The van der Waals surface area contributed by atoms with Crippen molar-refractivity contribution in [1.29, 1.82) is 5.41 Å². The molecule has 0 saturated heterocycles. The predicted octanol–water partition coefficient (Wildman–Crippen LogP) is 9.31. The van der Waals surface area contributed by atoms with Gasteiger partial charge in [-0.2, -0.15) is 0 Å². The van der Waals surface area contributed by atoms with Crippen molar-refractivity contribution in [1.82, 2.24) is 4.57 Å². The second-order valence-electron chi connectivity index (χ2n) is 11.0. The first-order valence-electron chi connectivity index (χ1n) is 14.4. The van der Waals surface area contributed by atoms with Gasteiger partial charge < -0.3 is 19.1 Å². The third-order valence-corrected chi connectivity index (χ3v) is 8.48. The summed E-state index contributed by atoms with van der Waals surface area (Å²) in [5.41, 5.74) is 14.0. The molecule has 3 heterocycles. The van der Waals surface area contributed by atoms with Crippen molar-refractivity contribution in [2.24, 2.45) is 10.7 Å². The average molecular weight is 569 g/mol. The van der Waals surface area contributed by atoms with Gasteiger partial charge in [0.15, 0.2) is 5.84 Å². The highest BCUT2D eigenvalue weighted by atomic mass is 16.3. The summed E-state index contributed by atoms with van der Waals surface area (Å²) in [7, 11) is 0. The number of furan rings is 2. The maximum atomic E-state index is 9.12. The highest BCUT2D eigenvalue weighted by Crippen LogP contribution is 2.40. The molecule has 3 N–H and O–H groups in total. The Kier molecular flexibility index (Phi) is 5.10. The number of benzene rings is 6. The second-order valence-corrected chi connectivity index (χ2v) is 11.0. The second kappa shape index (κ2) is 9.18. The first kappa shape index (κ1) is 24.5. The number of fused-ring (bicyclic) bond motifs is 9. The van der Waals surface area contributed by atoms with Gasteiger partial charge in [-0.1, -0.05) is 78.9 Å². The Balaban J connectivity index is 1.23. The number of aliphatic imine (C=N–C) groups is 1. The van der Waals surface area contributed by atoms with E-state index in [0.717, 1.165) is 55.0 Å². The van der Waals surface area contributed by atoms with Crippen molar-refractivity contribution in [3.8, 4) is 5.69 Å². The molecule has 0 fully saturated rings. The van der Waals surface area contributed by atoms with Gasteiger partial charge in [-0.3, -0.25) is 5.41 Å². The summed E-state index contributed by atoms with van der Waals surface area (Å²) < 4.78 is 14.7. The summed E-state index contributed by atoms with van der Waals surface area (Å²) in [6.45, 7) is 0. The molecule has 0 aliphatic heterocycles. The number of nitrogens with zero attached hydrogens (tertiary/aromatic N) is 2. The van der Waals surface area contributed by atoms with Crippen molar-refractivity contribution in [2.75, 3.05) is 0 Å². The molecule has 0 spiro atoms. The van der Waals surface area contributed by atoms with Crippen LogP contribution in [-0.4, -0.2) is 16.2 Å². The SMILES string of the molecule is N=C(N=C(N)c1ccc2c(c1)oc1ccccc12)c1cccc2oc3cccc(-n4c5ccccc5c5ccccc54)c3c12.